The molecule has 2 saturated heterocycles. The van der Waals surface area contributed by atoms with Crippen molar-refractivity contribution in [1.82, 2.24) is 15.5 Å². The Morgan fingerprint density at radius 3 is 3.00 bits per heavy atom. The van der Waals surface area contributed by atoms with Crippen LogP contribution in [0.2, 0.25) is 0 Å². The van der Waals surface area contributed by atoms with Crippen LogP contribution in [0, 0.1) is 5.92 Å². The number of morpholine rings is 1. The molecule has 0 aliphatic carbocycles. The minimum Gasteiger partial charge on any atom is -0.378 e. The molecule has 3 unspecified atom stereocenters. The first kappa shape index (κ1) is 12.8. The molecule has 5 heteroatoms. The van der Waals surface area contributed by atoms with Gasteiger partial charge in [-0.25, -0.2) is 0 Å². The lowest BCUT2D eigenvalue weighted by molar-refractivity contribution is -0.127. The fourth-order valence-electron chi connectivity index (χ4n) is 2.59. The maximum absolute atomic E-state index is 12.0. The standard InChI is InChI=1S/C12H23N3O2/c1-9-7-15(2)5-3-10(9)14-12(16)11-8-17-6-4-13-11/h9-11,13H,3-8H2,1-2H3,(H,14,16). The molecule has 0 spiro atoms. The lowest BCUT2D eigenvalue weighted by Gasteiger charge is -2.36. The van der Waals surface area contributed by atoms with Gasteiger partial charge in [-0.3, -0.25) is 4.79 Å². The minimum atomic E-state index is -0.171. The first-order chi connectivity index (χ1) is 8.16. The van der Waals surface area contributed by atoms with E-state index in [1.165, 1.54) is 0 Å². The van der Waals surface area contributed by atoms with Gasteiger partial charge in [0.25, 0.3) is 0 Å². The highest BCUT2D eigenvalue weighted by molar-refractivity contribution is 5.82. The average Bonchev–Trinajstić information content (AvgIpc) is 2.34. The summed E-state index contributed by atoms with van der Waals surface area (Å²) in [7, 11) is 2.13. The molecule has 5 nitrogen and oxygen atoms in total. The summed E-state index contributed by atoms with van der Waals surface area (Å²) in [5.74, 6) is 0.605. The zero-order valence-corrected chi connectivity index (χ0v) is 10.7. The molecule has 2 fully saturated rings. The predicted molar refractivity (Wildman–Crippen MR) is 65.8 cm³/mol. The molecule has 2 aliphatic heterocycles. The summed E-state index contributed by atoms with van der Waals surface area (Å²) in [6, 6.07) is 0.137. The Bertz CT molecular complexity index is 266. The number of rotatable bonds is 2. The highest BCUT2D eigenvalue weighted by atomic mass is 16.5. The van der Waals surface area contributed by atoms with E-state index in [1.54, 1.807) is 0 Å². The lowest BCUT2D eigenvalue weighted by atomic mass is 9.94. The van der Waals surface area contributed by atoms with E-state index in [-0.39, 0.29) is 11.9 Å². The van der Waals surface area contributed by atoms with E-state index >= 15 is 0 Å². The highest BCUT2D eigenvalue weighted by Gasteiger charge is 2.28. The van der Waals surface area contributed by atoms with Gasteiger partial charge in [0.05, 0.1) is 13.2 Å². The van der Waals surface area contributed by atoms with E-state index in [1.807, 2.05) is 0 Å². The number of nitrogens with one attached hydrogen (secondary N) is 2. The molecular weight excluding hydrogens is 218 g/mol. The average molecular weight is 241 g/mol. The van der Waals surface area contributed by atoms with Crippen molar-refractivity contribution in [3.8, 4) is 0 Å². The molecule has 3 atom stereocenters. The fraction of sp³-hybridized carbons (Fsp3) is 0.917. The van der Waals surface area contributed by atoms with Crippen LogP contribution in [0.3, 0.4) is 0 Å². The summed E-state index contributed by atoms with van der Waals surface area (Å²) in [5.41, 5.74) is 0. The first-order valence-electron chi connectivity index (χ1n) is 6.47. The zero-order valence-electron chi connectivity index (χ0n) is 10.7. The third-order valence-electron chi connectivity index (χ3n) is 3.67. The molecule has 2 rings (SSSR count). The van der Waals surface area contributed by atoms with E-state index in [2.05, 4.69) is 29.5 Å². The van der Waals surface area contributed by atoms with Crippen molar-refractivity contribution in [2.75, 3.05) is 39.9 Å². The van der Waals surface area contributed by atoms with Crippen LogP contribution < -0.4 is 10.6 Å². The lowest BCUT2D eigenvalue weighted by Crippen LogP contribution is -2.56. The second kappa shape index (κ2) is 5.80. The second-order valence-electron chi connectivity index (χ2n) is 5.22. The molecule has 0 saturated carbocycles. The van der Waals surface area contributed by atoms with Crippen LogP contribution in [-0.4, -0.2) is 62.8 Å². The van der Waals surface area contributed by atoms with Gasteiger partial charge in [-0.2, -0.15) is 0 Å². The number of hydrogen-bond donors (Lipinski definition) is 2. The third-order valence-corrected chi connectivity index (χ3v) is 3.67. The summed E-state index contributed by atoms with van der Waals surface area (Å²) < 4.78 is 5.30. The van der Waals surface area contributed by atoms with Gasteiger partial charge in [-0.1, -0.05) is 6.92 Å². The predicted octanol–water partition coefficient (Wildman–Crippen LogP) is -0.569. The Labute approximate surface area is 103 Å². The molecule has 17 heavy (non-hydrogen) atoms. The maximum atomic E-state index is 12.0. The van der Waals surface area contributed by atoms with Crippen molar-refractivity contribution in [2.45, 2.75) is 25.4 Å². The molecule has 1 amide bonds. The van der Waals surface area contributed by atoms with Gasteiger partial charge in [0.2, 0.25) is 5.91 Å². The Kier molecular flexibility index (Phi) is 4.36. The van der Waals surface area contributed by atoms with Gasteiger partial charge < -0.3 is 20.3 Å². The van der Waals surface area contributed by atoms with Gasteiger partial charge >= 0.3 is 0 Å². The molecule has 2 heterocycles. The van der Waals surface area contributed by atoms with Gasteiger partial charge in [0, 0.05) is 19.1 Å². The van der Waals surface area contributed by atoms with E-state index < -0.39 is 0 Å². The maximum Gasteiger partial charge on any atom is 0.239 e. The number of carbonyl (C=O) groups excluding carboxylic acids is 1. The van der Waals surface area contributed by atoms with Crippen LogP contribution in [0.1, 0.15) is 13.3 Å². The topological polar surface area (TPSA) is 53.6 Å². The molecule has 2 N–H and O–H groups in total. The van der Waals surface area contributed by atoms with Crippen LogP contribution in [0.4, 0.5) is 0 Å². The third kappa shape index (κ3) is 3.40. The summed E-state index contributed by atoms with van der Waals surface area (Å²) in [6.45, 7) is 6.27. The summed E-state index contributed by atoms with van der Waals surface area (Å²) in [6.07, 6.45) is 1.04. The Morgan fingerprint density at radius 1 is 1.53 bits per heavy atom. The quantitative estimate of drug-likeness (QED) is 0.680. The molecule has 98 valence electrons. The van der Waals surface area contributed by atoms with Crippen LogP contribution in [-0.2, 0) is 9.53 Å². The van der Waals surface area contributed by atoms with E-state index in [0.717, 1.165) is 26.1 Å². The van der Waals surface area contributed by atoms with Crippen molar-refractivity contribution in [1.29, 1.82) is 0 Å². The smallest absolute Gasteiger partial charge is 0.239 e. The summed E-state index contributed by atoms with van der Waals surface area (Å²) in [4.78, 5) is 14.3. The van der Waals surface area contributed by atoms with Gasteiger partial charge in [-0.15, -0.1) is 0 Å². The Morgan fingerprint density at radius 2 is 2.35 bits per heavy atom. The molecule has 0 aromatic rings. The highest BCUT2D eigenvalue weighted by Crippen LogP contribution is 2.15. The number of ether oxygens (including phenoxy) is 1. The van der Waals surface area contributed by atoms with Crippen LogP contribution >= 0.6 is 0 Å². The normalized spacial score (nSPS) is 35.5. The largest absolute Gasteiger partial charge is 0.378 e. The Balaban J connectivity index is 1.81. The van der Waals surface area contributed by atoms with Crippen molar-refractivity contribution >= 4 is 5.91 Å². The van der Waals surface area contributed by atoms with Crippen molar-refractivity contribution < 1.29 is 9.53 Å². The molecule has 2 aliphatic rings. The van der Waals surface area contributed by atoms with Crippen molar-refractivity contribution in [2.24, 2.45) is 5.92 Å². The molecule has 0 aromatic heterocycles. The first-order valence-corrected chi connectivity index (χ1v) is 6.47. The van der Waals surface area contributed by atoms with E-state index in [9.17, 15) is 4.79 Å². The Hall–Kier alpha value is -0.650. The van der Waals surface area contributed by atoms with Crippen LogP contribution in [0.25, 0.3) is 0 Å². The van der Waals surface area contributed by atoms with Gasteiger partial charge in [0.15, 0.2) is 0 Å². The van der Waals surface area contributed by atoms with E-state index in [0.29, 0.717) is 25.2 Å². The van der Waals surface area contributed by atoms with Crippen LogP contribution in [0.5, 0.6) is 0 Å². The van der Waals surface area contributed by atoms with E-state index in [4.69, 9.17) is 4.74 Å². The number of amides is 1. The van der Waals surface area contributed by atoms with Gasteiger partial charge in [0.1, 0.15) is 6.04 Å². The van der Waals surface area contributed by atoms with Crippen molar-refractivity contribution in [3.05, 3.63) is 0 Å². The monoisotopic (exact) mass is 241 g/mol. The SMILES string of the molecule is CC1CN(C)CCC1NC(=O)C1COCCN1. The molecular formula is C12H23N3O2. The number of piperidine rings is 1. The molecule has 0 aromatic carbocycles. The molecule has 0 bridgehead atoms. The van der Waals surface area contributed by atoms with Gasteiger partial charge in [-0.05, 0) is 25.9 Å². The number of likely N-dealkylation sites (tertiary alicyclic amines) is 1. The summed E-state index contributed by atoms with van der Waals surface area (Å²) >= 11 is 0. The molecule has 0 radical (unpaired) electrons. The second-order valence-corrected chi connectivity index (χ2v) is 5.22. The fourth-order valence-corrected chi connectivity index (χ4v) is 2.59. The summed E-state index contributed by atoms with van der Waals surface area (Å²) in [5, 5.41) is 6.34. The number of hydrogen-bond acceptors (Lipinski definition) is 4. The van der Waals surface area contributed by atoms with Crippen LogP contribution in [0.15, 0.2) is 0 Å². The zero-order chi connectivity index (χ0) is 12.3. The number of carbonyl (C=O) groups is 1. The van der Waals surface area contributed by atoms with Crippen molar-refractivity contribution in [3.63, 3.8) is 0 Å². The number of nitrogens with zero attached hydrogens (tertiary/aromatic N) is 1. The minimum absolute atomic E-state index is 0.0890.